The van der Waals surface area contributed by atoms with Gasteiger partial charge in [0.2, 0.25) is 0 Å². The summed E-state index contributed by atoms with van der Waals surface area (Å²) in [7, 11) is 1.59. The first-order valence-electron chi connectivity index (χ1n) is 6.26. The summed E-state index contributed by atoms with van der Waals surface area (Å²) in [4.78, 5) is 6.34. The molecule has 0 amide bonds. The Balaban J connectivity index is 2.17. The highest BCUT2D eigenvalue weighted by atomic mass is 19.4. The van der Waals surface area contributed by atoms with Gasteiger partial charge in [-0.3, -0.25) is 9.67 Å². The molecule has 0 unspecified atom stereocenters. The minimum absolute atomic E-state index is 0.0262. The van der Waals surface area contributed by atoms with Gasteiger partial charge in [-0.2, -0.15) is 18.3 Å². The van der Waals surface area contributed by atoms with Gasteiger partial charge in [0.1, 0.15) is 11.5 Å². The Kier molecular flexibility index (Phi) is 3.23. The monoisotopic (exact) mass is 310 g/mol. The van der Waals surface area contributed by atoms with Gasteiger partial charge in [-0.25, -0.2) is 4.39 Å². The highest BCUT2D eigenvalue weighted by molar-refractivity contribution is 5.80. The Morgan fingerprint density at radius 2 is 1.91 bits per heavy atom. The molecule has 3 rings (SSSR count). The Labute approximate surface area is 122 Å². The van der Waals surface area contributed by atoms with E-state index >= 15 is 0 Å². The van der Waals surface area contributed by atoms with Crippen LogP contribution in [0, 0.1) is 5.82 Å². The smallest absolute Gasteiger partial charge is 0.366 e. The molecule has 0 aliphatic rings. The number of rotatable bonds is 2. The molecule has 4 nitrogen and oxygen atoms in total. The molecule has 0 fully saturated rings. The van der Waals surface area contributed by atoms with Crippen molar-refractivity contribution in [2.45, 2.75) is 6.18 Å². The van der Waals surface area contributed by atoms with E-state index < -0.39 is 17.6 Å². The standard InChI is InChI=1S/C14H10F4N4/c1-22-7-10(9-5-19-6-11(9)14(16,17)18)13(21-22)12-3-2-8(15)4-20-12/h2-7,19H,1H3. The molecular weight excluding hydrogens is 300 g/mol. The van der Waals surface area contributed by atoms with Crippen LogP contribution in [0.1, 0.15) is 5.56 Å². The third-order valence-corrected chi connectivity index (χ3v) is 3.14. The summed E-state index contributed by atoms with van der Waals surface area (Å²) in [5.74, 6) is -0.529. The van der Waals surface area contributed by atoms with E-state index in [2.05, 4.69) is 15.1 Å². The predicted octanol–water partition coefficient (Wildman–Crippen LogP) is 3.64. The van der Waals surface area contributed by atoms with Crippen LogP contribution in [-0.4, -0.2) is 19.7 Å². The Morgan fingerprint density at radius 3 is 2.55 bits per heavy atom. The van der Waals surface area contributed by atoms with Gasteiger partial charge in [0.15, 0.2) is 0 Å². The van der Waals surface area contributed by atoms with Gasteiger partial charge in [0.05, 0.1) is 17.5 Å². The van der Waals surface area contributed by atoms with Crippen LogP contribution in [0.2, 0.25) is 0 Å². The molecule has 0 spiro atoms. The summed E-state index contributed by atoms with van der Waals surface area (Å²) in [5.41, 5.74) is 0.0136. The average molecular weight is 310 g/mol. The van der Waals surface area contributed by atoms with Crippen molar-refractivity contribution in [2.24, 2.45) is 7.05 Å². The van der Waals surface area contributed by atoms with E-state index in [1.807, 2.05) is 0 Å². The molecule has 0 aliphatic carbocycles. The lowest BCUT2D eigenvalue weighted by Gasteiger charge is -2.07. The number of aromatic amines is 1. The molecule has 3 heterocycles. The number of hydrogen-bond acceptors (Lipinski definition) is 2. The second kappa shape index (κ2) is 4.97. The first-order valence-corrected chi connectivity index (χ1v) is 6.26. The number of aromatic nitrogens is 4. The van der Waals surface area contributed by atoms with Gasteiger partial charge in [-0.15, -0.1) is 0 Å². The lowest BCUT2D eigenvalue weighted by Crippen LogP contribution is -2.04. The van der Waals surface area contributed by atoms with Crippen LogP contribution < -0.4 is 0 Å². The second-order valence-corrected chi connectivity index (χ2v) is 4.71. The summed E-state index contributed by atoms with van der Waals surface area (Å²) in [6.45, 7) is 0. The lowest BCUT2D eigenvalue weighted by molar-refractivity contribution is -0.137. The molecule has 3 aromatic heterocycles. The van der Waals surface area contributed by atoms with Gasteiger partial charge in [-0.1, -0.05) is 0 Å². The molecule has 0 radical (unpaired) electrons. The fraction of sp³-hybridized carbons (Fsp3) is 0.143. The molecule has 0 bridgehead atoms. The molecule has 22 heavy (non-hydrogen) atoms. The summed E-state index contributed by atoms with van der Waals surface area (Å²) in [5, 5.41) is 4.14. The number of hydrogen-bond donors (Lipinski definition) is 1. The summed E-state index contributed by atoms with van der Waals surface area (Å²) < 4.78 is 53.5. The molecule has 114 valence electrons. The number of aryl methyl sites for hydroxylation is 1. The zero-order valence-corrected chi connectivity index (χ0v) is 11.3. The predicted molar refractivity (Wildman–Crippen MR) is 71.2 cm³/mol. The SMILES string of the molecule is Cn1cc(-c2c[nH]cc2C(F)(F)F)c(-c2ccc(F)cn2)n1. The van der Waals surface area contributed by atoms with Gasteiger partial charge < -0.3 is 4.98 Å². The summed E-state index contributed by atoms with van der Waals surface area (Å²) in [6, 6.07) is 2.56. The van der Waals surface area contributed by atoms with Crippen molar-refractivity contribution in [1.82, 2.24) is 19.7 Å². The van der Waals surface area contributed by atoms with Gasteiger partial charge in [-0.05, 0) is 12.1 Å². The Morgan fingerprint density at radius 1 is 1.14 bits per heavy atom. The highest BCUT2D eigenvalue weighted by Crippen LogP contribution is 2.39. The van der Waals surface area contributed by atoms with Crippen molar-refractivity contribution >= 4 is 0 Å². The number of nitrogens with zero attached hydrogens (tertiary/aromatic N) is 3. The summed E-state index contributed by atoms with van der Waals surface area (Å²) >= 11 is 0. The topological polar surface area (TPSA) is 46.5 Å². The van der Waals surface area contributed by atoms with E-state index in [4.69, 9.17) is 0 Å². The molecule has 0 saturated carbocycles. The number of H-pyrrole nitrogens is 1. The van der Waals surface area contributed by atoms with E-state index in [1.54, 1.807) is 7.05 Å². The Hall–Kier alpha value is -2.64. The fourth-order valence-corrected chi connectivity index (χ4v) is 2.21. The van der Waals surface area contributed by atoms with Gasteiger partial charge >= 0.3 is 6.18 Å². The van der Waals surface area contributed by atoms with Crippen LogP contribution in [0.25, 0.3) is 22.5 Å². The van der Waals surface area contributed by atoms with E-state index in [9.17, 15) is 17.6 Å². The number of halogens is 4. The van der Waals surface area contributed by atoms with Crippen molar-refractivity contribution in [2.75, 3.05) is 0 Å². The molecular formula is C14H10F4N4. The molecule has 8 heteroatoms. The zero-order chi connectivity index (χ0) is 15.9. The van der Waals surface area contributed by atoms with Crippen molar-refractivity contribution < 1.29 is 17.6 Å². The number of pyridine rings is 1. The first kappa shape index (κ1) is 14.3. The quantitative estimate of drug-likeness (QED) is 0.735. The average Bonchev–Trinajstić information content (AvgIpc) is 3.05. The molecule has 0 saturated heterocycles. The van der Waals surface area contributed by atoms with E-state index in [0.717, 1.165) is 12.4 Å². The van der Waals surface area contributed by atoms with E-state index in [1.165, 1.54) is 29.2 Å². The molecule has 0 aromatic carbocycles. The van der Waals surface area contributed by atoms with Crippen LogP contribution in [0.5, 0.6) is 0 Å². The van der Waals surface area contributed by atoms with Crippen LogP contribution >= 0.6 is 0 Å². The van der Waals surface area contributed by atoms with Crippen molar-refractivity contribution in [1.29, 1.82) is 0 Å². The molecule has 0 atom stereocenters. The second-order valence-electron chi connectivity index (χ2n) is 4.71. The summed E-state index contributed by atoms with van der Waals surface area (Å²) in [6.07, 6.45) is 0.129. The van der Waals surface area contributed by atoms with Crippen LogP contribution in [0.4, 0.5) is 17.6 Å². The zero-order valence-electron chi connectivity index (χ0n) is 11.3. The van der Waals surface area contributed by atoms with Crippen LogP contribution in [0.3, 0.4) is 0 Å². The van der Waals surface area contributed by atoms with E-state index in [-0.39, 0.29) is 16.8 Å². The minimum atomic E-state index is -4.49. The fourth-order valence-electron chi connectivity index (χ4n) is 2.21. The number of nitrogens with one attached hydrogen (secondary N) is 1. The molecule has 1 N–H and O–H groups in total. The number of alkyl halides is 3. The van der Waals surface area contributed by atoms with Crippen molar-refractivity contribution in [3.05, 3.63) is 48.3 Å². The lowest BCUT2D eigenvalue weighted by atomic mass is 10.0. The van der Waals surface area contributed by atoms with Crippen LogP contribution in [-0.2, 0) is 13.2 Å². The normalized spacial score (nSPS) is 11.9. The van der Waals surface area contributed by atoms with Gasteiger partial charge in [0, 0.05) is 36.8 Å². The minimum Gasteiger partial charge on any atom is -0.366 e. The highest BCUT2D eigenvalue weighted by Gasteiger charge is 2.35. The molecule has 3 aromatic rings. The Bertz CT molecular complexity index is 799. The first-order chi connectivity index (χ1) is 10.4. The van der Waals surface area contributed by atoms with Crippen molar-refractivity contribution in [3.63, 3.8) is 0 Å². The van der Waals surface area contributed by atoms with Gasteiger partial charge in [0.25, 0.3) is 0 Å². The third kappa shape index (κ3) is 2.47. The van der Waals surface area contributed by atoms with E-state index in [0.29, 0.717) is 5.69 Å². The maximum absolute atomic E-state index is 13.0. The van der Waals surface area contributed by atoms with Crippen LogP contribution in [0.15, 0.2) is 36.9 Å². The molecule has 0 aliphatic heterocycles. The van der Waals surface area contributed by atoms with Crippen molar-refractivity contribution in [3.8, 4) is 22.5 Å². The maximum atomic E-state index is 13.0. The largest absolute Gasteiger partial charge is 0.418 e. The maximum Gasteiger partial charge on any atom is 0.418 e. The third-order valence-electron chi connectivity index (χ3n) is 3.14.